The molecule has 0 amide bonds. The molecule has 1 aliphatic carbocycles. The fourth-order valence-electron chi connectivity index (χ4n) is 4.03. The van der Waals surface area contributed by atoms with E-state index in [9.17, 15) is 10.1 Å². The van der Waals surface area contributed by atoms with Crippen LogP contribution in [0.1, 0.15) is 49.4 Å². The minimum absolute atomic E-state index is 0.0147. The van der Waals surface area contributed by atoms with Crippen molar-refractivity contribution in [2.24, 2.45) is 0 Å². The standard InChI is InChI=1S/C24H24N4O3S/c1-14(2)31-21-10-9-15(11-16(21)12-25)23-27-28-24(32-23)19-7-3-6-18-17(19)5-4-8-20(18)26-13-22(29)30/h3,6-7,9-11,14,20,26H,4-5,8,13H2,1-2H3,(H,29,30). The Labute approximate surface area is 190 Å². The highest BCUT2D eigenvalue weighted by molar-refractivity contribution is 7.17. The average Bonchev–Trinajstić information content (AvgIpc) is 3.27. The maximum absolute atomic E-state index is 11.0. The van der Waals surface area contributed by atoms with Gasteiger partial charge in [-0.25, -0.2) is 0 Å². The van der Waals surface area contributed by atoms with Crippen LogP contribution in [0.2, 0.25) is 0 Å². The van der Waals surface area contributed by atoms with Crippen LogP contribution in [-0.4, -0.2) is 33.9 Å². The van der Waals surface area contributed by atoms with Crippen LogP contribution in [0.3, 0.4) is 0 Å². The summed E-state index contributed by atoms with van der Waals surface area (Å²) in [4.78, 5) is 11.0. The fraction of sp³-hybridized carbons (Fsp3) is 0.333. The summed E-state index contributed by atoms with van der Waals surface area (Å²) in [7, 11) is 0. The van der Waals surface area contributed by atoms with Crippen molar-refractivity contribution in [1.29, 1.82) is 5.26 Å². The van der Waals surface area contributed by atoms with Gasteiger partial charge in [0.25, 0.3) is 0 Å². The van der Waals surface area contributed by atoms with Gasteiger partial charge in [-0.15, -0.1) is 10.2 Å². The predicted molar refractivity (Wildman–Crippen MR) is 123 cm³/mol. The van der Waals surface area contributed by atoms with Crippen molar-refractivity contribution < 1.29 is 14.6 Å². The largest absolute Gasteiger partial charge is 0.490 e. The molecule has 3 aromatic rings. The van der Waals surface area contributed by atoms with Crippen molar-refractivity contribution in [3.8, 4) is 33.0 Å². The lowest BCUT2D eigenvalue weighted by Crippen LogP contribution is -2.30. The van der Waals surface area contributed by atoms with Crippen molar-refractivity contribution >= 4 is 17.3 Å². The van der Waals surface area contributed by atoms with Crippen molar-refractivity contribution in [1.82, 2.24) is 15.5 Å². The Morgan fingerprint density at radius 1 is 1.31 bits per heavy atom. The average molecular weight is 449 g/mol. The van der Waals surface area contributed by atoms with Crippen molar-refractivity contribution in [2.75, 3.05) is 6.54 Å². The van der Waals surface area contributed by atoms with Crippen LogP contribution in [0.15, 0.2) is 36.4 Å². The first-order valence-electron chi connectivity index (χ1n) is 10.6. The number of benzene rings is 2. The molecule has 32 heavy (non-hydrogen) atoms. The van der Waals surface area contributed by atoms with Gasteiger partial charge in [0.2, 0.25) is 0 Å². The molecule has 0 bridgehead atoms. The second-order valence-corrected chi connectivity index (χ2v) is 8.97. The number of hydrogen-bond donors (Lipinski definition) is 2. The van der Waals surface area contributed by atoms with Gasteiger partial charge in [-0.2, -0.15) is 5.26 Å². The number of ether oxygens (including phenoxy) is 1. The minimum Gasteiger partial charge on any atom is -0.490 e. The third-order valence-corrected chi connectivity index (χ3v) is 6.38. The number of carboxylic acid groups (broad SMARTS) is 1. The summed E-state index contributed by atoms with van der Waals surface area (Å²) in [5.74, 6) is -0.295. The van der Waals surface area contributed by atoms with E-state index in [-0.39, 0.29) is 18.7 Å². The third-order valence-electron chi connectivity index (χ3n) is 5.37. The summed E-state index contributed by atoms with van der Waals surface area (Å²) in [6, 6.07) is 13.8. The van der Waals surface area contributed by atoms with Gasteiger partial charge >= 0.3 is 5.97 Å². The summed E-state index contributed by atoms with van der Waals surface area (Å²) < 4.78 is 5.71. The molecule has 1 aromatic heterocycles. The Balaban J connectivity index is 1.64. The number of aromatic nitrogens is 2. The van der Waals surface area contributed by atoms with E-state index in [0.29, 0.717) is 11.3 Å². The zero-order chi connectivity index (χ0) is 22.7. The summed E-state index contributed by atoms with van der Waals surface area (Å²) >= 11 is 1.48. The van der Waals surface area contributed by atoms with Crippen LogP contribution in [-0.2, 0) is 11.2 Å². The Morgan fingerprint density at radius 2 is 2.12 bits per heavy atom. The molecule has 8 heteroatoms. The van der Waals surface area contributed by atoms with E-state index in [1.165, 1.54) is 16.9 Å². The molecule has 0 aliphatic heterocycles. The molecule has 7 nitrogen and oxygen atoms in total. The molecule has 0 saturated carbocycles. The number of nitrogens with zero attached hydrogens (tertiary/aromatic N) is 3. The maximum atomic E-state index is 11.0. The molecule has 2 aromatic carbocycles. The number of nitrogens with one attached hydrogen (secondary N) is 1. The molecule has 0 fully saturated rings. The number of aliphatic carboxylic acids is 1. The first kappa shape index (κ1) is 21.9. The SMILES string of the molecule is CC(C)Oc1ccc(-c2nnc(-c3cccc4c3CCCC4NCC(=O)O)s2)cc1C#N. The topological polar surface area (TPSA) is 108 Å². The van der Waals surface area contributed by atoms with E-state index in [2.05, 4.69) is 27.6 Å². The number of rotatable bonds is 7. The number of nitriles is 1. The van der Waals surface area contributed by atoms with Gasteiger partial charge in [0.05, 0.1) is 18.2 Å². The van der Waals surface area contributed by atoms with E-state index >= 15 is 0 Å². The van der Waals surface area contributed by atoms with E-state index < -0.39 is 5.97 Å². The summed E-state index contributed by atoms with van der Waals surface area (Å²) in [5.41, 5.74) is 4.66. The fourth-order valence-corrected chi connectivity index (χ4v) is 4.92. The van der Waals surface area contributed by atoms with Crippen LogP contribution in [0, 0.1) is 11.3 Å². The molecular weight excluding hydrogens is 424 g/mol. The van der Waals surface area contributed by atoms with E-state index in [0.717, 1.165) is 46.0 Å². The normalized spacial score (nSPS) is 15.2. The summed E-state index contributed by atoms with van der Waals surface area (Å²) in [6.45, 7) is 3.79. The quantitative estimate of drug-likeness (QED) is 0.544. The zero-order valence-corrected chi connectivity index (χ0v) is 18.8. The highest BCUT2D eigenvalue weighted by atomic mass is 32.1. The lowest BCUT2D eigenvalue weighted by Gasteiger charge is -2.27. The molecule has 0 spiro atoms. The Hall–Kier alpha value is -3.28. The van der Waals surface area contributed by atoms with Crippen LogP contribution < -0.4 is 10.1 Å². The van der Waals surface area contributed by atoms with Gasteiger partial charge in [0.1, 0.15) is 21.8 Å². The second kappa shape index (κ2) is 9.47. The van der Waals surface area contributed by atoms with Crippen LogP contribution in [0.4, 0.5) is 0 Å². The molecule has 0 saturated heterocycles. The number of fused-ring (bicyclic) bond motifs is 1. The third kappa shape index (κ3) is 4.64. The molecule has 0 radical (unpaired) electrons. The predicted octanol–water partition coefficient (Wildman–Crippen LogP) is 4.58. The van der Waals surface area contributed by atoms with Crippen molar-refractivity contribution in [3.05, 3.63) is 53.1 Å². The smallest absolute Gasteiger partial charge is 0.317 e. The second-order valence-electron chi connectivity index (χ2n) is 7.99. The number of hydrogen-bond acceptors (Lipinski definition) is 7. The molecular formula is C24H24N4O3S. The molecule has 164 valence electrons. The van der Waals surface area contributed by atoms with Gasteiger partial charge in [-0.05, 0) is 62.4 Å². The Morgan fingerprint density at radius 3 is 2.88 bits per heavy atom. The molecule has 1 aliphatic rings. The van der Waals surface area contributed by atoms with E-state index in [4.69, 9.17) is 9.84 Å². The molecule has 1 atom stereocenters. The molecule has 2 N–H and O–H groups in total. The highest BCUT2D eigenvalue weighted by Crippen LogP contribution is 2.39. The minimum atomic E-state index is -0.858. The maximum Gasteiger partial charge on any atom is 0.317 e. The lowest BCUT2D eigenvalue weighted by atomic mass is 9.85. The van der Waals surface area contributed by atoms with Gasteiger partial charge in [0.15, 0.2) is 0 Å². The van der Waals surface area contributed by atoms with E-state index in [1.54, 1.807) is 12.1 Å². The van der Waals surface area contributed by atoms with Gasteiger partial charge in [0, 0.05) is 17.2 Å². The first-order chi connectivity index (χ1) is 15.5. The van der Waals surface area contributed by atoms with Gasteiger partial charge in [-0.1, -0.05) is 29.5 Å². The van der Waals surface area contributed by atoms with Gasteiger partial charge < -0.3 is 15.2 Å². The van der Waals surface area contributed by atoms with Crippen LogP contribution in [0.25, 0.3) is 21.1 Å². The Kier molecular flexibility index (Phi) is 6.49. The van der Waals surface area contributed by atoms with Gasteiger partial charge in [-0.3, -0.25) is 4.79 Å². The van der Waals surface area contributed by atoms with Crippen LogP contribution >= 0.6 is 11.3 Å². The summed E-state index contributed by atoms with van der Waals surface area (Å²) in [5, 5.41) is 32.1. The zero-order valence-electron chi connectivity index (χ0n) is 18.0. The van der Waals surface area contributed by atoms with E-state index in [1.807, 2.05) is 32.0 Å². The van der Waals surface area contributed by atoms with Crippen molar-refractivity contribution in [3.63, 3.8) is 0 Å². The molecule has 1 unspecified atom stereocenters. The molecule has 1 heterocycles. The van der Waals surface area contributed by atoms with Crippen molar-refractivity contribution in [2.45, 2.75) is 45.3 Å². The highest BCUT2D eigenvalue weighted by Gasteiger charge is 2.24. The monoisotopic (exact) mass is 448 g/mol. The number of carboxylic acids is 1. The van der Waals surface area contributed by atoms with Crippen LogP contribution in [0.5, 0.6) is 5.75 Å². The lowest BCUT2D eigenvalue weighted by molar-refractivity contribution is -0.136. The Bertz CT molecular complexity index is 1180. The summed E-state index contributed by atoms with van der Waals surface area (Å²) in [6.07, 6.45) is 2.80. The first-order valence-corrected chi connectivity index (χ1v) is 11.4. The molecule has 4 rings (SSSR count). The number of carbonyl (C=O) groups is 1.